The fraction of sp³-hybridized carbons (Fsp3) is 0.588. The first-order valence-electron chi connectivity index (χ1n) is 7.97. The van der Waals surface area contributed by atoms with Crippen molar-refractivity contribution < 1.29 is 9.53 Å². The van der Waals surface area contributed by atoms with Crippen LogP contribution in [0.15, 0.2) is 29.2 Å². The Kier molecular flexibility index (Phi) is 5.06. The largest absolute Gasteiger partial charge is 0.384 e. The van der Waals surface area contributed by atoms with Gasteiger partial charge in [0, 0.05) is 17.8 Å². The minimum Gasteiger partial charge on any atom is -0.384 e. The summed E-state index contributed by atoms with van der Waals surface area (Å²) in [5.41, 5.74) is 0.883. The van der Waals surface area contributed by atoms with Crippen molar-refractivity contribution in [3.05, 3.63) is 29.8 Å². The molecule has 0 aliphatic carbocycles. The zero-order chi connectivity index (χ0) is 15.4. The lowest BCUT2D eigenvalue weighted by molar-refractivity contribution is -0.137. The molecule has 120 valence electrons. The molecule has 2 aliphatic rings. The summed E-state index contributed by atoms with van der Waals surface area (Å²) in [6.07, 6.45) is 2.68. The van der Waals surface area contributed by atoms with Gasteiger partial charge in [0.1, 0.15) is 0 Å². The highest BCUT2D eigenvalue weighted by Gasteiger charge is 2.40. The van der Waals surface area contributed by atoms with Gasteiger partial charge < -0.3 is 15.4 Å². The summed E-state index contributed by atoms with van der Waals surface area (Å²) in [7, 11) is 1.68. The summed E-state index contributed by atoms with van der Waals surface area (Å²) in [5.74, 6) is 1.21. The monoisotopic (exact) mass is 320 g/mol. The molecule has 1 aromatic carbocycles. The average Bonchev–Trinajstić information content (AvgIpc) is 2.56. The van der Waals surface area contributed by atoms with E-state index in [1.165, 1.54) is 10.5 Å². The van der Waals surface area contributed by atoms with E-state index in [1.807, 2.05) is 11.8 Å². The maximum absolute atomic E-state index is 13.0. The predicted molar refractivity (Wildman–Crippen MR) is 89.1 cm³/mol. The van der Waals surface area contributed by atoms with E-state index in [0.29, 0.717) is 6.61 Å². The molecule has 0 aromatic heterocycles. The van der Waals surface area contributed by atoms with E-state index in [1.54, 1.807) is 7.11 Å². The fourth-order valence-electron chi connectivity index (χ4n) is 3.42. The minimum atomic E-state index is -0.375. The van der Waals surface area contributed by atoms with Crippen LogP contribution in [0.2, 0.25) is 0 Å². The van der Waals surface area contributed by atoms with Crippen LogP contribution in [0.4, 0.5) is 0 Å². The zero-order valence-corrected chi connectivity index (χ0v) is 13.9. The maximum atomic E-state index is 13.0. The van der Waals surface area contributed by atoms with Gasteiger partial charge in [0.05, 0.1) is 18.1 Å². The molecule has 4 nitrogen and oxygen atoms in total. The van der Waals surface area contributed by atoms with Crippen molar-refractivity contribution in [1.82, 2.24) is 10.6 Å². The molecule has 1 saturated heterocycles. The van der Waals surface area contributed by atoms with Crippen LogP contribution in [0.5, 0.6) is 0 Å². The molecule has 1 unspecified atom stereocenters. The molecule has 1 fully saturated rings. The first-order chi connectivity index (χ1) is 10.7. The van der Waals surface area contributed by atoms with Gasteiger partial charge in [-0.1, -0.05) is 18.2 Å². The van der Waals surface area contributed by atoms with Crippen LogP contribution in [-0.2, 0) is 9.53 Å². The third-order valence-electron chi connectivity index (χ3n) is 4.73. The third-order valence-corrected chi connectivity index (χ3v) is 5.85. The van der Waals surface area contributed by atoms with Crippen LogP contribution in [-0.4, -0.2) is 38.5 Å². The molecule has 0 saturated carbocycles. The number of piperidine rings is 1. The van der Waals surface area contributed by atoms with Crippen LogP contribution in [0, 0.1) is 5.41 Å². The highest BCUT2D eigenvalue weighted by molar-refractivity contribution is 7.99. The molecule has 2 aliphatic heterocycles. The first-order valence-corrected chi connectivity index (χ1v) is 8.96. The number of amides is 1. The number of thioether (sulfide) groups is 1. The van der Waals surface area contributed by atoms with Crippen LogP contribution in [0.25, 0.3) is 0 Å². The van der Waals surface area contributed by atoms with E-state index < -0.39 is 0 Å². The van der Waals surface area contributed by atoms with E-state index in [-0.39, 0.29) is 17.4 Å². The first kappa shape index (κ1) is 15.8. The molecule has 2 heterocycles. The normalized spacial score (nSPS) is 23.6. The van der Waals surface area contributed by atoms with Crippen molar-refractivity contribution in [2.24, 2.45) is 5.41 Å². The van der Waals surface area contributed by atoms with Gasteiger partial charge in [-0.3, -0.25) is 4.79 Å². The number of rotatable bonds is 4. The summed E-state index contributed by atoms with van der Waals surface area (Å²) >= 11 is 1.88. The van der Waals surface area contributed by atoms with Crippen LogP contribution >= 0.6 is 11.8 Å². The summed E-state index contributed by atoms with van der Waals surface area (Å²) < 4.78 is 5.37. The number of hydrogen-bond donors (Lipinski definition) is 2. The third kappa shape index (κ3) is 3.16. The van der Waals surface area contributed by atoms with Crippen molar-refractivity contribution >= 4 is 17.7 Å². The second-order valence-electron chi connectivity index (χ2n) is 6.16. The second kappa shape index (κ2) is 7.02. The Morgan fingerprint density at radius 1 is 1.41 bits per heavy atom. The van der Waals surface area contributed by atoms with Crippen molar-refractivity contribution in [2.45, 2.75) is 30.2 Å². The number of carbonyl (C=O) groups is 1. The molecule has 0 radical (unpaired) electrons. The summed E-state index contributed by atoms with van der Waals surface area (Å²) in [4.78, 5) is 14.3. The van der Waals surface area contributed by atoms with E-state index >= 15 is 0 Å². The highest BCUT2D eigenvalue weighted by atomic mass is 32.2. The molecule has 0 bridgehead atoms. The van der Waals surface area contributed by atoms with Gasteiger partial charge >= 0.3 is 0 Å². The van der Waals surface area contributed by atoms with Crippen molar-refractivity contribution in [3.8, 4) is 0 Å². The number of fused-ring (bicyclic) bond motifs is 1. The molecule has 3 rings (SSSR count). The Morgan fingerprint density at radius 2 is 2.18 bits per heavy atom. The van der Waals surface area contributed by atoms with Crippen LogP contribution in [0.3, 0.4) is 0 Å². The van der Waals surface area contributed by atoms with Gasteiger partial charge in [-0.25, -0.2) is 0 Å². The van der Waals surface area contributed by atoms with E-state index in [9.17, 15) is 4.79 Å². The molecule has 1 aromatic rings. The highest BCUT2D eigenvalue weighted by Crippen LogP contribution is 2.37. The zero-order valence-electron chi connectivity index (χ0n) is 13.1. The van der Waals surface area contributed by atoms with Gasteiger partial charge in [0.15, 0.2) is 0 Å². The lowest BCUT2D eigenvalue weighted by Gasteiger charge is -2.37. The number of hydrogen-bond acceptors (Lipinski definition) is 4. The standard InChI is InChI=1S/C17H24N2O2S/c1-21-12-17(7-9-18-10-8-17)16(20)19-14-6-11-22-15-5-3-2-4-13(14)15/h2-5,14,18H,6-12H2,1H3,(H,19,20). The van der Waals surface area contributed by atoms with Gasteiger partial charge in [-0.2, -0.15) is 0 Å². The SMILES string of the molecule is COCC1(C(=O)NC2CCSc3ccccc32)CCNCC1. The summed E-state index contributed by atoms with van der Waals surface area (Å²) in [6.45, 7) is 2.27. The number of methoxy groups -OCH3 is 1. The Hall–Kier alpha value is -1.04. The minimum absolute atomic E-state index is 0.133. The molecule has 0 spiro atoms. The molecule has 22 heavy (non-hydrogen) atoms. The van der Waals surface area contributed by atoms with Crippen LogP contribution in [0.1, 0.15) is 30.9 Å². The fourth-order valence-corrected chi connectivity index (χ4v) is 4.55. The topological polar surface area (TPSA) is 50.4 Å². The molecular formula is C17H24N2O2S. The molecule has 2 N–H and O–H groups in total. The number of nitrogens with one attached hydrogen (secondary N) is 2. The Balaban J connectivity index is 1.76. The Morgan fingerprint density at radius 3 is 2.95 bits per heavy atom. The maximum Gasteiger partial charge on any atom is 0.229 e. The lowest BCUT2D eigenvalue weighted by atomic mass is 9.78. The number of benzene rings is 1. The smallest absolute Gasteiger partial charge is 0.229 e. The number of carbonyl (C=O) groups excluding carboxylic acids is 1. The quantitative estimate of drug-likeness (QED) is 0.894. The Bertz CT molecular complexity index is 524. The number of ether oxygens (including phenoxy) is 1. The van der Waals surface area contributed by atoms with E-state index in [2.05, 4.69) is 34.9 Å². The second-order valence-corrected chi connectivity index (χ2v) is 7.30. The summed E-state index contributed by atoms with van der Waals surface area (Å²) in [5, 5.41) is 6.64. The van der Waals surface area contributed by atoms with Gasteiger partial charge in [0.25, 0.3) is 0 Å². The van der Waals surface area contributed by atoms with Gasteiger partial charge in [-0.05, 0) is 44.0 Å². The van der Waals surface area contributed by atoms with Gasteiger partial charge in [-0.15, -0.1) is 11.8 Å². The summed E-state index contributed by atoms with van der Waals surface area (Å²) in [6, 6.07) is 8.54. The van der Waals surface area contributed by atoms with Crippen LogP contribution < -0.4 is 10.6 Å². The van der Waals surface area contributed by atoms with E-state index in [4.69, 9.17) is 4.74 Å². The van der Waals surface area contributed by atoms with Crippen molar-refractivity contribution in [2.75, 3.05) is 32.6 Å². The van der Waals surface area contributed by atoms with Crippen molar-refractivity contribution in [1.29, 1.82) is 0 Å². The van der Waals surface area contributed by atoms with E-state index in [0.717, 1.165) is 38.1 Å². The molecule has 5 heteroatoms. The average molecular weight is 320 g/mol. The Labute approximate surface area is 136 Å². The molecule has 1 amide bonds. The molecule has 1 atom stereocenters. The molecular weight excluding hydrogens is 296 g/mol. The van der Waals surface area contributed by atoms with Gasteiger partial charge in [0.2, 0.25) is 5.91 Å². The van der Waals surface area contributed by atoms with Crippen molar-refractivity contribution in [3.63, 3.8) is 0 Å². The lowest BCUT2D eigenvalue weighted by Crippen LogP contribution is -2.51. The predicted octanol–water partition coefficient (Wildman–Crippen LogP) is 2.36.